The second-order valence-electron chi connectivity index (χ2n) is 6.88. The number of piperidine rings is 1. The van der Waals surface area contributed by atoms with Gasteiger partial charge in [0.2, 0.25) is 5.91 Å². The van der Waals surface area contributed by atoms with Crippen molar-refractivity contribution in [2.75, 3.05) is 40.0 Å². The third-order valence-corrected chi connectivity index (χ3v) is 5.29. The minimum Gasteiger partial charge on any atom is -0.383 e. The van der Waals surface area contributed by atoms with Crippen LogP contribution in [0.4, 0.5) is 0 Å². The fourth-order valence-corrected chi connectivity index (χ4v) is 3.85. The summed E-state index contributed by atoms with van der Waals surface area (Å²) in [7, 11) is 1.68. The van der Waals surface area contributed by atoms with Crippen LogP contribution in [0.15, 0.2) is 24.5 Å². The van der Waals surface area contributed by atoms with Crippen LogP contribution in [-0.2, 0) is 32.0 Å². The minimum absolute atomic E-state index is 0.146. The maximum absolute atomic E-state index is 12.8. The predicted molar refractivity (Wildman–Crippen MR) is 95.8 cm³/mol. The molecule has 1 spiro atoms. The van der Waals surface area contributed by atoms with E-state index in [-0.39, 0.29) is 5.91 Å². The minimum atomic E-state index is -0.448. The third kappa shape index (κ3) is 3.34. The highest BCUT2D eigenvalue weighted by molar-refractivity contribution is 5.87. The molecule has 0 unspecified atom stereocenters. The Kier molecular flexibility index (Phi) is 4.93. The van der Waals surface area contributed by atoms with Gasteiger partial charge in [-0.15, -0.1) is 0 Å². The van der Waals surface area contributed by atoms with Crippen LogP contribution in [0.1, 0.15) is 18.4 Å². The largest absolute Gasteiger partial charge is 0.383 e. The lowest BCUT2D eigenvalue weighted by Gasteiger charge is -2.37. The SMILES string of the molecule is COCCn1cc(CC(=O)N2CCC3(CC2)OCCO3)c2cccnc21. The zero-order chi connectivity index (χ0) is 18.0. The number of rotatable bonds is 5. The van der Waals surface area contributed by atoms with Gasteiger partial charge in [0.25, 0.3) is 0 Å². The van der Waals surface area contributed by atoms with Gasteiger partial charge < -0.3 is 23.7 Å². The molecule has 0 aromatic carbocycles. The summed E-state index contributed by atoms with van der Waals surface area (Å²) in [6, 6.07) is 3.94. The number of carbonyl (C=O) groups is 1. The molecule has 2 aromatic heterocycles. The zero-order valence-corrected chi connectivity index (χ0v) is 15.1. The first-order valence-electron chi connectivity index (χ1n) is 9.18. The van der Waals surface area contributed by atoms with Crippen LogP contribution < -0.4 is 0 Å². The lowest BCUT2D eigenvalue weighted by Crippen LogP contribution is -2.47. The zero-order valence-electron chi connectivity index (χ0n) is 15.1. The summed E-state index contributed by atoms with van der Waals surface area (Å²) in [5, 5.41) is 1.04. The highest BCUT2D eigenvalue weighted by Crippen LogP contribution is 2.31. The normalized spacial score (nSPS) is 19.5. The lowest BCUT2D eigenvalue weighted by molar-refractivity contribution is -0.187. The summed E-state index contributed by atoms with van der Waals surface area (Å²) in [6.45, 7) is 4.00. The van der Waals surface area contributed by atoms with Gasteiger partial charge in [-0.2, -0.15) is 0 Å². The van der Waals surface area contributed by atoms with E-state index in [9.17, 15) is 4.79 Å². The van der Waals surface area contributed by atoms with Crippen LogP contribution in [0.5, 0.6) is 0 Å². The van der Waals surface area contributed by atoms with Crippen LogP contribution >= 0.6 is 0 Å². The third-order valence-electron chi connectivity index (χ3n) is 5.29. The van der Waals surface area contributed by atoms with Crippen molar-refractivity contribution >= 4 is 16.9 Å². The molecule has 7 heteroatoms. The van der Waals surface area contributed by atoms with Gasteiger partial charge in [0.05, 0.1) is 26.2 Å². The van der Waals surface area contributed by atoms with E-state index in [4.69, 9.17) is 14.2 Å². The molecule has 26 heavy (non-hydrogen) atoms. The maximum Gasteiger partial charge on any atom is 0.227 e. The molecule has 2 aliphatic rings. The Bertz CT molecular complexity index is 772. The summed E-state index contributed by atoms with van der Waals surface area (Å²) in [6.07, 6.45) is 5.69. The molecule has 7 nitrogen and oxygen atoms in total. The number of ether oxygens (including phenoxy) is 3. The number of amides is 1. The first kappa shape index (κ1) is 17.5. The van der Waals surface area contributed by atoms with E-state index in [1.807, 2.05) is 23.2 Å². The van der Waals surface area contributed by atoms with Gasteiger partial charge >= 0.3 is 0 Å². The quantitative estimate of drug-likeness (QED) is 0.811. The molecule has 4 heterocycles. The predicted octanol–water partition coefficient (Wildman–Crippen LogP) is 1.59. The molecule has 0 N–H and O–H groups in total. The number of aromatic nitrogens is 2. The maximum atomic E-state index is 12.8. The van der Waals surface area contributed by atoms with Crippen molar-refractivity contribution in [2.45, 2.75) is 31.6 Å². The summed E-state index contributed by atoms with van der Waals surface area (Å²) in [5.74, 6) is -0.302. The first-order valence-corrected chi connectivity index (χ1v) is 9.18. The average Bonchev–Trinajstić information content (AvgIpc) is 3.26. The van der Waals surface area contributed by atoms with Gasteiger partial charge in [0.15, 0.2) is 5.79 Å². The molecule has 2 aromatic rings. The number of hydrogen-bond acceptors (Lipinski definition) is 5. The number of fused-ring (bicyclic) bond motifs is 1. The van der Waals surface area contributed by atoms with E-state index < -0.39 is 5.79 Å². The molecule has 2 saturated heterocycles. The molecule has 0 atom stereocenters. The fourth-order valence-electron chi connectivity index (χ4n) is 3.85. The topological polar surface area (TPSA) is 65.8 Å². The second kappa shape index (κ2) is 7.34. The monoisotopic (exact) mass is 359 g/mol. The number of methoxy groups -OCH3 is 1. The standard InChI is InChI=1S/C19H25N3O4/c1-24-10-9-22-14-15(16-3-2-6-20-18(16)22)13-17(23)21-7-4-19(5-8-21)25-11-12-26-19/h2-3,6,14H,4-5,7-13H2,1H3. The summed E-state index contributed by atoms with van der Waals surface area (Å²) in [5.41, 5.74) is 1.92. The number of nitrogens with zero attached hydrogens (tertiary/aromatic N) is 3. The van der Waals surface area contributed by atoms with Gasteiger partial charge in [0.1, 0.15) is 5.65 Å². The van der Waals surface area contributed by atoms with E-state index in [0.717, 1.165) is 36.0 Å². The van der Waals surface area contributed by atoms with Crippen molar-refractivity contribution in [3.8, 4) is 0 Å². The van der Waals surface area contributed by atoms with Gasteiger partial charge in [-0.3, -0.25) is 4.79 Å². The molecule has 1 amide bonds. The second-order valence-corrected chi connectivity index (χ2v) is 6.88. The molecule has 0 saturated carbocycles. The van der Waals surface area contributed by atoms with Gasteiger partial charge in [-0.1, -0.05) is 0 Å². The molecular formula is C19H25N3O4. The number of hydrogen-bond donors (Lipinski definition) is 0. The molecular weight excluding hydrogens is 334 g/mol. The van der Waals surface area contributed by atoms with Crippen LogP contribution in [-0.4, -0.2) is 66.2 Å². The van der Waals surface area contributed by atoms with Crippen LogP contribution in [0.2, 0.25) is 0 Å². The Hall–Kier alpha value is -1.96. The van der Waals surface area contributed by atoms with Crippen molar-refractivity contribution in [2.24, 2.45) is 0 Å². The number of likely N-dealkylation sites (tertiary alicyclic amines) is 1. The summed E-state index contributed by atoms with van der Waals surface area (Å²) >= 11 is 0. The van der Waals surface area contributed by atoms with Crippen molar-refractivity contribution in [3.05, 3.63) is 30.1 Å². The Morgan fingerprint density at radius 1 is 1.31 bits per heavy atom. The Labute approximate surface area is 152 Å². The molecule has 0 bridgehead atoms. The van der Waals surface area contributed by atoms with E-state index >= 15 is 0 Å². The fraction of sp³-hybridized carbons (Fsp3) is 0.579. The molecule has 4 rings (SSSR count). The summed E-state index contributed by atoms with van der Waals surface area (Å²) in [4.78, 5) is 19.2. The van der Waals surface area contributed by atoms with E-state index in [2.05, 4.69) is 9.55 Å². The number of pyridine rings is 1. The molecule has 2 fully saturated rings. The van der Waals surface area contributed by atoms with E-state index in [1.165, 1.54) is 0 Å². The van der Waals surface area contributed by atoms with E-state index in [0.29, 0.717) is 39.3 Å². The highest BCUT2D eigenvalue weighted by Gasteiger charge is 2.40. The molecule has 0 radical (unpaired) electrons. The highest BCUT2D eigenvalue weighted by atomic mass is 16.7. The van der Waals surface area contributed by atoms with E-state index in [1.54, 1.807) is 13.3 Å². The van der Waals surface area contributed by atoms with Crippen molar-refractivity contribution in [3.63, 3.8) is 0 Å². The van der Waals surface area contributed by atoms with Gasteiger partial charge in [0, 0.05) is 57.4 Å². The molecule has 0 aliphatic carbocycles. The van der Waals surface area contributed by atoms with Crippen LogP contribution in [0, 0.1) is 0 Å². The average molecular weight is 359 g/mol. The van der Waals surface area contributed by atoms with Gasteiger partial charge in [-0.05, 0) is 17.7 Å². The van der Waals surface area contributed by atoms with Crippen molar-refractivity contribution in [1.29, 1.82) is 0 Å². The van der Waals surface area contributed by atoms with Gasteiger partial charge in [-0.25, -0.2) is 4.98 Å². The first-order chi connectivity index (χ1) is 12.7. The smallest absolute Gasteiger partial charge is 0.227 e. The Balaban J connectivity index is 1.46. The Morgan fingerprint density at radius 3 is 2.81 bits per heavy atom. The van der Waals surface area contributed by atoms with Crippen LogP contribution in [0.25, 0.3) is 11.0 Å². The lowest BCUT2D eigenvalue weighted by atomic mass is 10.0. The molecule has 140 valence electrons. The Morgan fingerprint density at radius 2 is 2.08 bits per heavy atom. The van der Waals surface area contributed by atoms with Crippen molar-refractivity contribution < 1.29 is 19.0 Å². The van der Waals surface area contributed by atoms with Crippen LogP contribution in [0.3, 0.4) is 0 Å². The number of carbonyl (C=O) groups excluding carboxylic acids is 1. The van der Waals surface area contributed by atoms with Crippen molar-refractivity contribution in [1.82, 2.24) is 14.5 Å². The summed E-state index contributed by atoms with van der Waals surface area (Å²) < 4.78 is 18.7. The molecule has 2 aliphatic heterocycles.